The predicted octanol–water partition coefficient (Wildman–Crippen LogP) is 1.64. The minimum atomic E-state index is -0.536. The molecular weight excluding hydrogens is 206 g/mol. The van der Waals surface area contributed by atoms with Gasteiger partial charge in [0.15, 0.2) is 0 Å². The molecule has 0 unspecified atom stereocenters. The lowest BCUT2D eigenvalue weighted by molar-refractivity contribution is 0.0587. The van der Waals surface area contributed by atoms with Crippen LogP contribution in [0, 0.1) is 0 Å². The molecule has 1 aromatic heterocycles. The highest BCUT2D eigenvalue weighted by Gasteiger charge is 2.08. The summed E-state index contributed by atoms with van der Waals surface area (Å²) in [6.07, 6.45) is 3.55. The first kappa shape index (κ1) is 12.2. The van der Waals surface area contributed by atoms with E-state index in [0.717, 1.165) is 0 Å². The molecule has 5 nitrogen and oxygen atoms in total. The van der Waals surface area contributed by atoms with E-state index in [4.69, 9.17) is 0 Å². The van der Waals surface area contributed by atoms with Gasteiger partial charge in [-0.3, -0.25) is 0 Å². The lowest BCUT2D eigenvalue weighted by Gasteiger charge is -2.03. The minimum absolute atomic E-state index is 0.0599. The fraction of sp³-hybridized carbons (Fsp3) is 0.364. The Morgan fingerprint density at radius 3 is 2.94 bits per heavy atom. The average molecular weight is 221 g/mol. The highest BCUT2D eigenvalue weighted by Crippen LogP contribution is 2.02. The molecule has 0 spiro atoms. The molecule has 86 valence electrons. The molecular formula is C11H15N3O2. The number of ether oxygens (including phenoxy) is 1. The summed E-state index contributed by atoms with van der Waals surface area (Å²) in [7, 11) is 1.30. The largest absolute Gasteiger partial charge is 0.463 e. The van der Waals surface area contributed by atoms with Crippen molar-refractivity contribution in [1.29, 1.82) is 0 Å². The fourth-order valence-electron chi connectivity index (χ4n) is 1.01. The summed E-state index contributed by atoms with van der Waals surface area (Å²) < 4.78 is 4.53. The molecule has 0 aromatic carbocycles. The number of aromatic nitrogens is 2. The summed E-state index contributed by atoms with van der Waals surface area (Å²) in [5.74, 6) is 0.128. The van der Waals surface area contributed by atoms with E-state index in [9.17, 15) is 4.79 Å². The average Bonchev–Trinajstić information content (AvgIpc) is 2.28. The van der Waals surface area contributed by atoms with E-state index >= 15 is 0 Å². The van der Waals surface area contributed by atoms with E-state index in [1.54, 1.807) is 6.07 Å². The van der Waals surface area contributed by atoms with Gasteiger partial charge in [0.25, 0.3) is 0 Å². The number of allylic oxidation sites excluding steroid dienone is 1. The van der Waals surface area contributed by atoms with Crippen molar-refractivity contribution in [2.24, 2.45) is 0 Å². The summed E-state index contributed by atoms with van der Waals surface area (Å²) in [4.78, 5) is 19.0. The van der Waals surface area contributed by atoms with Crippen LogP contribution in [0.3, 0.4) is 0 Å². The van der Waals surface area contributed by atoms with Crippen molar-refractivity contribution in [3.8, 4) is 0 Å². The Kier molecular flexibility index (Phi) is 4.44. The van der Waals surface area contributed by atoms with Crippen LogP contribution >= 0.6 is 0 Å². The van der Waals surface area contributed by atoms with Gasteiger partial charge in [-0.15, -0.1) is 0 Å². The Balaban J connectivity index is 2.68. The van der Waals surface area contributed by atoms with Crippen molar-refractivity contribution in [3.05, 3.63) is 29.7 Å². The van der Waals surface area contributed by atoms with E-state index in [1.807, 2.05) is 19.9 Å². The zero-order chi connectivity index (χ0) is 12.0. The number of carbonyl (C=O) groups excluding carboxylic acids is 1. The minimum Gasteiger partial charge on any atom is -0.463 e. The molecule has 1 N–H and O–H groups in total. The van der Waals surface area contributed by atoms with Gasteiger partial charge in [-0.2, -0.15) is 0 Å². The van der Waals surface area contributed by atoms with Crippen LogP contribution < -0.4 is 5.32 Å². The third kappa shape index (κ3) is 3.68. The van der Waals surface area contributed by atoms with Crippen molar-refractivity contribution in [2.75, 3.05) is 19.0 Å². The van der Waals surface area contributed by atoms with Gasteiger partial charge < -0.3 is 10.1 Å². The van der Waals surface area contributed by atoms with Crippen LogP contribution in [0.2, 0.25) is 0 Å². The zero-order valence-electron chi connectivity index (χ0n) is 9.65. The monoisotopic (exact) mass is 221 g/mol. The first-order valence-corrected chi connectivity index (χ1v) is 4.92. The highest BCUT2D eigenvalue weighted by atomic mass is 16.5. The highest BCUT2D eigenvalue weighted by molar-refractivity contribution is 5.85. The maximum atomic E-state index is 11.2. The Labute approximate surface area is 94.6 Å². The molecule has 1 aromatic rings. The smallest absolute Gasteiger partial charge is 0.376 e. The second kappa shape index (κ2) is 5.85. The van der Waals surface area contributed by atoms with Crippen LogP contribution in [0.15, 0.2) is 23.9 Å². The maximum absolute atomic E-state index is 11.2. The molecule has 0 aliphatic heterocycles. The summed E-state index contributed by atoms with van der Waals surface area (Å²) in [6, 6.07) is 1.70. The van der Waals surface area contributed by atoms with Crippen molar-refractivity contribution < 1.29 is 9.53 Å². The zero-order valence-corrected chi connectivity index (χ0v) is 9.65. The number of hydrogen-bond donors (Lipinski definition) is 1. The van der Waals surface area contributed by atoms with Gasteiger partial charge in [0.2, 0.25) is 5.82 Å². The predicted molar refractivity (Wildman–Crippen MR) is 61.3 cm³/mol. The first-order chi connectivity index (χ1) is 7.63. The molecule has 16 heavy (non-hydrogen) atoms. The quantitative estimate of drug-likeness (QED) is 0.618. The van der Waals surface area contributed by atoms with Crippen molar-refractivity contribution in [1.82, 2.24) is 9.97 Å². The van der Waals surface area contributed by atoms with Crippen molar-refractivity contribution >= 4 is 11.8 Å². The Bertz CT molecular complexity index is 398. The maximum Gasteiger partial charge on any atom is 0.376 e. The van der Waals surface area contributed by atoms with Crippen molar-refractivity contribution in [3.63, 3.8) is 0 Å². The van der Waals surface area contributed by atoms with E-state index in [-0.39, 0.29) is 5.82 Å². The molecule has 0 radical (unpaired) electrons. The van der Waals surface area contributed by atoms with Gasteiger partial charge in [0, 0.05) is 12.7 Å². The molecule has 0 aliphatic carbocycles. The molecule has 0 aliphatic rings. The molecule has 0 saturated heterocycles. The van der Waals surface area contributed by atoms with Gasteiger partial charge in [-0.05, 0) is 19.9 Å². The molecule has 5 heteroatoms. The van der Waals surface area contributed by atoms with E-state index < -0.39 is 5.97 Å². The van der Waals surface area contributed by atoms with Crippen LogP contribution in [-0.2, 0) is 4.74 Å². The van der Waals surface area contributed by atoms with E-state index in [0.29, 0.717) is 12.4 Å². The normalized spacial score (nSPS) is 9.44. The molecule has 1 heterocycles. The molecule has 0 saturated carbocycles. The van der Waals surface area contributed by atoms with Crippen LogP contribution in [0.1, 0.15) is 24.5 Å². The van der Waals surface area contributed by atoms with Crippen LogP contribution in [0.25, 0.3) is 0 Å². The topological polar surface area (TPSA) is 64.1 Å². The Morgan fingerprint density at radius 1 is 1.56 bits per heavy atom. The molecule has 1 rings (SSSR count). The number of anilines is 1. The molecule has 0 bridgehead atoms. The Hall–Kier alpha value is -1.91. The van der Waals surface area contributed by atoms with E-state index in [2.05, 4.69) is 20.0 Å². The van der Waals surface area contributed by atoms with Gasteiger partial charge in [0.05, 0.1) is 7.11 Å². The van der Waals surface area contributed by atoms with Gasteiger partial charge in [-0.25, -0.2) is 14.8 Å². The summed E-state index contributed by atoms with van der Waals surface area (Å²) in [5.41, 5.74) is 1.22. The molecule has 0 amide bonds. The third-order valence-corrected chi connectivity index (χ3v) is 1.82. The number of nitrogens with one attached hydrogen (secondary N) is 1. The lowest BCUT2D eigenvalue weighted by Crippen LogP contribution is -2.09. The van der Waals surface area contributed by atoms with Gasteiger partial charge in [0.1, 0.15) is 5.82 Å². The number of esters is 1. The molecule has 0 fully saturated rings. The van der Waals surface area contributed by atoms with Gasteiger partial charge in [-0.1, -0.05) is 11.6 Å². The summed E-state index contributed by atoms with van der Waals surface area (Å²) >= 11 is 0. The second-order valence-corrected chi connectivity index (χ2v) is 3.42. The number of methoxy groups -OCH3 is 1. The molecule has 0 atom stereocenters. The SMILES string of the molecule is COC(=O)c1nccc(NCC=C(C)C)n1. The van der Waals surface area contributed by atoms with E-state index in [1.165, 1.54) is 18.9 Å². The summed E-state index contributed by atoms with van der Waals surface area (Å²) in [6.45, 7) is 4.70. The standard InChI is InChI=1S/C11H15N3O2/c1-8(2)4-6-12-9-5-7-13-10(14-9)11(15)16-3/h4-5,7H,6H2,1-3H3,(H,12,13,14). The van der Waals surface area contributed by atoms with Gasteiger partial charge >= 0.3 is 5.97 Å². The number of hydrogen-bond acceptors (Lipinski definition) is 5. The fourth-order valence-corrected chi connectivity index (χ4v) is 1.01. The van der Waals surface area contributed by atoms with Crippen LogP contribution in [0.5, 0.6) is 0 Å². The Morgan fingerprint density at radius 2 is 2.31 bits per heavy atom. The summed E-state index contributed by atoms with van der Waals surface area (Å²) in [5, 5.41) is 3.06. The van der Waals surface area contributed by atoms with Crippen LogP contribution in [0.4, 0.5) is 5.82 Å². The number of rotatable bonds is 4. The van der Waals surface area contributed by atoms with Crippen molar-refractivity contribution in [2.45, 2.75) is 13.8 Å². The number of carbonyl (C=O) groups is 1. The van der Waals surface area contributed by atoms with Crippen LogP contribution in [-0.4, -0.2) is 29.6 Å². The lowest BCUT2D eigenvalue weighted by atomic mass is 10.3. The first-order valence-electron chi connectivity index (χ1n) is 4.92. The second-order valence-electron chi connectivity index (χ2n) is 3.42. The number of nitrogens with zero attached hydrogens (tertiary/aromatic N) is 2. The third-order valence-electron chi connectivity index (χ3n) is 1.82.